The number of hydrogen-bond donors (Lipinski definition) is 0. The minimum Gasteiger partial charge on any atom is -0.310 e. The van der Waals surface area contributed by atoms with Gasteiger partial charge in [0.25, 0.3) is 6.71 Å². The van der Waals surface area contributed by atoms with Gasteiger partial charge < -0.3 is 18.9 Å². The second-order valence-electron chi connectivity index (χ2n) is 28.0. The number of anilines is 6. The van der Waals surface area contributed by atoms with Crippen LogP contribution in [0.15, 0.2) is 267 Å². The highest BCUT2D eigenvalue weighted by Gasteiger charge is 2.46. The van der Waals surface area contributed by atoms with Crippen molar-refractivity contribution in [1.82, 2.24) is 9.13 Å². The van der Waals surface area contributed by atoms with Crippen LogP contribution in [0.3, 0.4) is 0 Å². The highest BCUT2D eigenvalue weighted by atomic mass is 32.1. The molecule has 0 radical (unpaired) electrons. The molecule has 0 saturated heterocycles. The number of nitrogens with zero attached hydrogens (tertiary/aromatic N) is 4. The molecule has 19 rings (SSSR count). The van der Waals surface area contributed by atoms with Crippen molar-refractivity contribution in [3.8, 4) is 33.6 Å². The zero-order valence-electron chi connectivity index (χ0n) is 55.3. The van der Waals surface area contributed by atoms with Crippen molar-refractivity contribution < 1.29 is 0 Å². The lowest BCUT2D eigenvalue weighted by Crippen LogP contribution is -2.61. The molecular formula is C90H71BN4S2. The Morgan fingerprint density at radius 3 is 1.20 bits per heavy atom. The summed E-state index contributed by atoms with van der Waals surface area (Å²) < 4.78 is 10.3. The van der Waals surface area contributed by atoms with Crippen molar-refractivity contribution in [3.63, 3.8) is 0 Å². The summed E-state index contributed by atoms with van der Waals surface area (Å²) in [6.07, 6.45) is 6.28. The van der Waals surface area contributed by atoms with Crippen LogP contribution < -0.4 is 26.2 Å². The Balaban J connectivity index is 0.951. The Morgan fingerprint density at radius 1 is 0.340 bits per heavy atom. The van der Waals surface area contributed by atoms with Crippen LogP contribution in [0, 0.1) is 0 Å². The van der Waals surface area contributed by atoms with Crippen molar-refractivity contribution in [3.05, 3.63) is 284 Å². The maximum Gasteiger partial charge on any atom is 0.252 e. The summed E-state index contributed by atoms with van der Waals surface area (Å²) in [6.45, 7) is 11.8. The summed E-state index contributed by atoms with van der Waals surface area (Å²) in [6, 6.07) is 103. The largest absolute Gasteiger partial charge is 0.310 e. The minimum atomic E-state index is -0.246. The van der Waals surface area contributed by atoms with E-state index >= 15 is 0 Å². The van der Waals surface area contributed by atoms with E-state index in [4.69, 9.17) is 0 Å². The normalized spacial score (nSPS) is 13.0. The van der Waals surface area contributed by atoms with Crippen molar-refractivity contribution in [1.29, 1.82) is 0 Å². The first-order valence-corrected chi connectivity index (χ1v) is 36.4. The first-order chi connectivity index (χ1) is 47.7. The highest BCUT2D eigenvalue weighted by molar-refractivity contribution is 7.26. The van der Waals surface area contributed by atoms with Crippen molar-refractivity contribution in [2.24, 2.45) is 0 Å². The monoisotopic (exact) mass is 1280 g/mol. The smallest absolute Gasteiger partial charge is 0.252 e. The SMILES string of the molecule is CCCCc1ccc2sc3ccccc3c2c1N1c2cc(-n3c4ccccc4c4cc(-c5ccccc5)ccc43)ccc2B2c3ccc(-n4c5ccccc5c5cc(-c6ccccc6)ccc54)cc3N(c3c(CCCC)ccc4sc5ccccc5c34)c3cc(C(C)(C)C)cc1c32. The van der Waals surface area contributed by atoms with E-state index < -0.39 is 0 Å². The van der Waals surface area contributed by atoms with E-state index in [9.17, 15) is 0 Å². The predicted octanol–water partition coefficient (Wildman–Crippen LogP) is 24.0. The molecule has 17 aromatic rings. The molecule has 0 saturated carbocycles. The fourth-order valence-corrected chi connectivity index (χ4v) is 18.8. The van der Waals surface area contributed by atoms with Gasteiger partial charge in [-0.2, -0.15) is 0 Å². The molecule has 7 heteroatoms. The highest BCUT2D eigenvalue weighted by Crippen LogP contribution is 2.54. The van der Waals surface area contributed by atoms with Crippen molar-refractivity contribution in [2.45, 2.75) is 78.6 Å². The van der Waals surface area contributed by atoms with Gasteiger partial charge in [0.2, 0.25) is 0 Å². The maximum atomic E-state index is 2.80. The van der Waals surface area contributed by atoms with Crippen LogP contribution in [0.1, 0.15) is 77.0 Å². The zero-order valence-corrected chi connectivity index (χ0v) is 57.0. The molecular weight excluding hydrogens is 1210 g/mol. The summed E-state index contributed by atoms with van der Waals surface area (Å²) in [5, 5.41) is 10.3. The van der Waals surface area contributed by atoms with Gasteiger partial charge in [0.1, 0.15) is 0 Å². The molecule has 6 heterocycles. The second kappa shape index (κ2) is 22.6. The molecule has 2 aliphatic rings. The van der Waals surface area contributed by atoms with E-state index in [1.54, 1.807) is 0 Å². The van der Waals surface area contributed by atoms with Crippen LogP contribution in [-0.4, -0.2) is 15.8 Å². The molecule has 0 amide bonds. The number of rotatable bonds is 12. The Morgan fingerprint density at radius 2 is 0.753 bits per heavy atom. The topological polar surface area (TPSA) is 16.3 Å². The standard InChI is InChI=1S/C90H71BN4S2/c1-6-8-24-58-40-48-83-85(67-32-18-22-36-81(67)96-83)88(58)94-77-54-63(92-73-34-20-16-30-65(73)69-50-60(38-46-75(69)92)56-26-12-10-13-27-56)42-44-71(77)91-72-45-43-64(93-74-35-21-17-31-66(74)70-51-61(39-47-76(70)93)57-28-14-11-15-29-57)55-78(72)95(80-53-62(90(3,4)5)52-79(94)87(80)91)89-59(25-9-7-2)41-49-84-86(89)68-33-19-23-37-82(68)97-84/h10-23,26-55H,6-9,24-25H2,1-5H3. The van der Waals surface area contributed by atoms with Gasteiger partial charge in [-0.25, -0.2) is 0 Å². The van der Waals surface area contributed by atoms with Crippen LogP contribution in [0.2, 0.25) is 0 Å². The van der Waals surface area contributed by atoms with Gasteiger partial charge in [0.05, 0.1) is 33.4 Å². The number of aromatic nitrogens is 2. The molecule has 0 atom stereocenters. The van der Waals surface area contributed by atoms with Crippen LogP contribution >= 0.6 is 22.7 Å². The molecule has 0 spiro atoms. The first kappa shape index (κ1) is 58.0. The van der Waals surface area contributed by atoms with Crippen LogP contribution in [0.5, 0.6) is 0 Å². The number of para-hydroxylation sites is 2. The maximum absolute atomic E-state index is 2.80. The van der Waals surface area contributed by atoms with Gasteiger partial charge in [0, 0.05) is 96.0 Å². The quantitative estimate of drug-likeness (QED) is 0.113. The molecule has 0 aliphatic carbocycles. The third kappa shape index (κ3) is 9.01. The Labute approximate surface area is 574 Å². The van der Waals surface area contributed by atoms with E-state index in [1.165, 1.54) is 173 Å². The molecule has 97 heavy (non-hydrogen) atoms. The van der Waals surface area contributed by atoms with Gasteiger partial charge in [0.15, 0.2) is 0 Å². The lowest BCUT2D eigenvalue weighted by atomic mass is 9.33. The first-order valence-electron chi connectivity index (χ1n) is 34.8. The van der Waals surface area contributed by atoms with Crippen LogP contribution in [0.25, 0.3) is 118 Å². The summed E-state index contributed by atoms with van der Waals surface area (Å²) >= 11 is 3.85. The van der Waals surface area contributed by atoms with Gasteiger partial charge in [-0.1, -0.05) is 217 Å². The molecule has 2 aliphatic heterocycles. The lowest BCUT2D eigenvalue weighted by Gasteiger charge is -2.46. The number of unbranched alkanes of at least 4 members (excludes halogenated alkanes) is 2. The van der Waals surface area contributed by atoms with E-state index in [0.29, 0.717) is 0 Å². The lowest BCUT2D eigenvalue weighted by molar-refractivity contribution is 0.590. The summed E-state index contributed by atoms with van der Waals surface area (Å²) in [7, 11) is 0. The molecule has 0 bridgehead atoms. The van der Waals surface area contributed by atoms with Crippen LogP contribution in [0.4, 0.5) is 34.1 Å². The summed E-state index contributed by atoms with van der Waals surface area (Å²) in [5.74, 6) is 0. The molecule has 0 fully saturated rings. The van der Waals surface area contributed by atoms with E-state index in [-0.39, 0.29) is 12.1 Å². The summed E-state index contributed by atoms with van der Waals surface area (Å²) in [5.41, 5.74) is 27.2. The Hall–Kier alpha value is -10.4. The second-order valence-corrected chi connectivity index (χ2v) is 30.1. The third-order valence-corrected chi connectivity index (χ3v) is 23.5. The molecule has 466 valence electrons. The van der Waals surface area contributed by atoms with Crippen LogP contribution in [-0.2, 0) is 18.3 Å². The van der Waals surface area contributed by atoms with Crippen molar-refractivity contribution in [2.75, 3.05) is 9.80 Å². The fourth-order valence-electron chi connectivity index (χ4n) is 16.6. The number of aryl methyl sites for hydroxylation is 2. The average Bonchev–Trinajstić information content (AvgIpc) is 1.12. The summed E-state index contributed by atoms with van der Waals surface area (Å²) in [4.78, 5) is 5.60. The molecule has 0 unspecified atom stereocenters. The number of benzene rings is 13. The molecule has 0 N–H and O–H groups in total. The fraction of sp³-hybridized carbons (Fsp3) is 0.133. The van der Waals surface area contributed by atoms with Gasteiger partial charge in [-0.3, -0.25) is 0 Å². The van der Waals surface area contributed by atoms with Crippen molar-refractivity contribution >= 4 is 164 Å². The average molecular weight is 1280 g/mol. The Kier molecular flexibility index (Phi) is 13.5. The zero-order chi connectivity index (χ0) is 64.8. The molecule has 4 nitrogen and oxygen atoms in total. The van der Waals surface area contributed by atoms with E-state index in [1.807, 2.05) is 22.7 Å². The van der Waals surface area contributed by atoms with Gasteiger partial charge in [-0.15, -0.1) is 22.7 Å². The molecule has 13 aromatic carbocycles. The predicted molar refractivity (Wildman–Crippen MR) is 422 cm³/mol. The van der Waals surface area contributed by atoms with E-state index in [0.717, 1.165) is 49.9 Å². The number of thiophene rings is 2. The Bertz CT molecular complexity index is 5700. The van der Waals surface area contributed by atoms with Gasteiger partial charge >= 0.3 is 0 Å². The minimum absolute atomic E-state index is 0.146. The molecule has 4 aromatic heterocycles. The number of fused-ring (bicyclic) bond motifs is 16. The third-order valence-electron chi connectivity index (χ3n) is 21.2. The van der Waals surface area contributed by atoms with E-state index in [2.05, 4.69) is 320 Å². The van der Waals surface area contributed by atoms with Gasteiger partial charge in [-0.05, 0) is 183 Å². The number of hydrogen-bond acceptors (Lipinski definition) is 4.